The zero-order valence-corrected chi connectivity index (χ0v) is 87.7. The lowest BCUT2D eigenvalue weighted by Gasteiger charge is -2.19. The third kappa shape index (κ3) is 24.9. The van der Waals surface area contributed by atoms with E-state index in [2.05, 4.69) is 210 Å². The Morgan fingerprint density at radius 1 is 0.313 bits per heavy atom. The van der Waals surface area contributed by atoms with Crippen LogP contribution in [0.2, 0.25) is 0 Å². The van der Waals surface area contributed by atoms with E-state index < -0.39 is 23.9 Å². The molecule has 0 saturated heterocycles. The Hall–Kier alpha value is -14.4. The first kappa shape index (κ1) is 104. The third-order valence-electron chi connectivity index (χ3n) is 28.6. The highest BCUT2D eigenvalue weighted by molar-refractivity contribution is 6.13. The predicted octanol–water partition coefficient (Wildman–Crippen LogP) is 28.4. The van der Waals surface area contributed by atoms with Gasteiger partial charge in [0, 0.05) is 107 Å². The van der Waals surface area contributed by atoms with Crippen molar-refractivity contribution in [3.8, 4) is 73.3 Å². The molecule has 0 amide bonds. The summed E-state index contributed by atoms with van der Waals surface area (Å²) in [4.78, 5) is 51.2. The van der Waals surface area contributed by atoms with Crippen molar-refractivity contribution in [3.05, 3.63) is 351 Å². The molecule has 4 heterocycles. The molecular weight excluding hydrogens is 1840 g/mol. The molecule has 0 spiro atoms. The van der Waals surface area contributed by atoms with Crippen LogP contribution in [0, 0.1) is 17.8 Å². The normalized spacial score (nSPS) is 13.7. The van der Waals surface area contributed by atoms with E-state index in [0.29, 0.717) is 80.8 Å². The molecule has 20 heteroatoms. The highest BCUT2D eigenvalue weighted by atomic mass is 16.5. The van der Waals surface area contributed by atoms with Crippen LogP contribution < -0.4 is 29.0 Å². The highest BCUT2D eigenvalue weighted by Gasteiger charge is 2.34. The molecular formula is C127H139N5O15. The molecule has 0 unspecified atom stereocenters. The number of ether oxygens (including phenoxy) is 7. The Morgan fingerprint density at radius 3 is 0.959 bits per heavy atom. The van der Waals surface area contributed by atoms with Crippen LogP contribution in [0.4, 0.5) is 0 Å². The minimum absolute atomic E-state index is 0.00700. The summed E-state index contributed by atoms with van der Waals surface area (Å²) in [5.74, 6) is 1.99. The summed E-state index contributed by atoms with van der Waals surface area (Å²) in [7, 11) is 6.56. The fourth-order valence-electron chi connectivity index (χ4n) is 19.5. The molecule has 16 aromatic rings. The smallest absolute Gasteiger partial charge is 0.353 e. The second kappa shape index (κ2) is 44.5. The molecule has 4 aliphatic rings. The van der Waals surface area contributed by atoms with Crippen molar-refractivity contribution in [3.63, 3.8) is 0 Å². The maximum atomic E-state index is 12.8. The van der Waals surface area contributed by atoms with Crippen LogP contribution in [-0.4, -0.2) is 123 Å². The summed E-state index contributed by atoms with van der Waals surface area (Å²) >= 11 is 0. The molecule has 147 heavy (non-hydrogen) atoms. The molecule has 5 N–H and O–H groups in total. The molecule has 20 nitrogen and oxygen atoms in total. The summed E-state index contributed by atoms with van der Waals surface area (Å²) in [6.07, 6.45) is 10.7. The number of benzene rings is 12. The fraction of sp³-hybridized carbons (Fsp3) is 0.339. The number of nitrogens with one attached hydrogen (secondary N) is 1. The van der Waals surface area contributed by atoms with Gasteiger partial charge in [0.25, 0.3) is 0 Å². The number of carboxylic acid groups (broad SMARTS) is 4. The van der Waals surface area contributed by atoms with Crippen LogP contribution >= 0.6 is 0 Å². The van der Waals surface area contributed by atoms with Gasteiger partial charge in [-0.25, -0.2) is 19.2 Å². The first-order valence-electron chi connectivity index (χ1n) is 51.5. The zero-order valence-electron chi connectivity index (χ0n) is 87.7. The lowest BCUT2D eigenvalue weighted by molar-refractivity contribution is 0.0676. The van der Waals surface area contributed by atoms with Gasteiger partial charge in [-0.2, -0.15) is 0 Å². The SMILES string of the molecule is COc1cccc(Cn2c(C(=O)O)c(-c3ccc(C(C)(C)C)cc3)c3c(OCC4CC4)cccc32)c1.COc1cccc(Cn2c(C(=O)O)c(-c3ccc(C(C)(C)C)cc3)c3cc(CCOCC4CC4)ccc32)c1.COc1cccc(Cn2c(C(=O)O)c(-c3ccc(C(C)(C)C)cc3)c3cc(CNC4CC4)ccc32)c1.COc1cccc(Cn2c(C(=O)O)c(-c3ccc(C(C)(C)C)cc3)c3cc(COCC4CC4)ccc32)c1. The Labute approximate surface area is 863 Å². The Balaban J connectivity index is 0.000000134. The van der Waals surface area contributed by atoms with E-state index in [0.717, 1.165) is 182 Å². The molecule has 4 saturated carbocycles. The number of hydrogen-bond acceptors (Lipinski definition) is 12. The average molecular weight is 1980 g/mol. The third-order valence-corrected chi connectivity index (χ3v) is 28.6. The van der Waals surface area contributed by atoms with Crippen molar-refractivity contribution in [2.24, 2.45) is 17.8 Å². The van der Waals surface area contributed by atoms with Crippen molar-refractivity contribution in [2.45, 2.75) is 208 Å². The number of carbonyl (C=O) groups is 4. The summed E-state index contributed by atoms with van der Waals surface area (Å²) in [6.45, 7) is 32.1. The predicted molar refractivity (Wildman–Crippen MR) is 588 cm³/mol. The largest absolute Gasteiger partial charge is 0.497 e. The summed E-state index contributed by atoms with van der Waals surface area (Å²) in [6, 6.07) is 89.7. The van der Waals surface area contributed by atoms with Crippen LogP contribution in [0.25, 0.3) is 88.1 Å². The van der Waals surface area contributed by atoms with Gasteiger partial charge in [0.05, 0.1) is 59.2 Å². The van der Waals surface area contributed by atoms with Crippen molar-refractivity contribution in [2.75, 3.05) is 54.9 Å². The van der Waals surface area contributed by atoms with E-state index in [1.165, 1.54) is 73.6 Å². The maximum Gasteiger partial charge on any atom is 0.353 e. The molecule has 0 atom stereocenters. The number of hydrogen-bond donors (Lipinski definition) is 5. The van der Waals surface area contributed by atoms with Gasteiger partial charge in [0.1, 0.15) is 51.5 Å². The number of carboxylic acids is 4. The lowest BCUT2D eigenvalue weighted by Crippen LogP contribution is -2.15. The second-order valence-corrected chi connectivity index (χ2v) is 44.0. The summed E-state index contributed by atoms with van der Waals surface area (Å²) < 4.78 is 47.4. The van der Waals surface area contributed by atoms with E-state index in [1.54, 1.807) is 28.4 Å². The number of rotatable bonds is 35. The topological polar surface area (TPSA) is 246 Å². The standard InChI is InChI=1S/C33H37NO4.C32H35NO4.C31H34N2O3.C31H33NO4/c1-33(2,3)26-13-11-25(12-14-26)30-28-19-22(16-17-38-21-23-8-9-23)10-15-29(28)34(31(30)32(35)36)20-24-6-5-7-27(18-24)37-4;1-32(2,3)25-13-11-24(12-14-25)29-27-17-23(20-37-19-21-8-9-21)10-15-28(27)33(30(29)31(34)35)18-22-6-5-7-26(16-22)36-4;1-31(2,3)23-11-9-22(10-12-23)28-26-17-20(18-32-24-13-14-24)8-15-27(26)33(29(28)30(34)35)19-21-6-5-7-25(16-21)36-4;1-31(2,3)23-15-13-22(14-16-23)27-28-25(9-6-10-26(28)36-19-20-11-12-20)32(29(27)30(33)34)18-21-7-5-8-24(17-21)35-4/h5-7,10-15,18-19,23H,8-9,16-17,20-21H2,1-4H3,(H,35,36);5-7,10-17,21H,8-9,18-20H2,1-4H3,(H,34,35);5-12,15-17,24,32H,13-14,18-19H2,1-4H3,(H,34,35);5-10,13-17,20H,11-12,18-19H2,1-4H3,(H,33,34). The average Bonchev–Trinajstić information content (AvgIpc) is 1.61. The molecule has 4 aliphatic carbocycles. The number of methoxy groups -OCH3 is 4. The van der Waals surface area contributed by atoms with Crippen molar-refractivity contribution >= 4 is 67.5 Å². The monoisotopic (exact) mass is 1970 g/mol. The first-order chi connectivity index (χ1) is 70.5. The second-order valence-electron chi connectivity index (χ2n) is 44.0. The quantitative estimate of drug-likeness (QED) is 0.0232. The van der Waals surface area contributed by atoms with Gasteiger partial charge in [0.2, 0.25) is 0 Å². The minimum atomic E-state index is -0.961. The van der Waals surface area contributed by atoms with E-state index in [1.807, 2.05) is 164 Å². The van der Waals surface area contributed by atoms with E-state index in [-0.39, 0.29) is 33.0 Å². The van der Waals surface area contributed by atoms with Gasteiger partial charge in [-0.15, -0.1) is 0 Å². The van der Waals surface area contributed by atoms with Crippen LogP contribution in [0.5, 0.6) is 28.7 Å². The molecule has 4 fully saturated rings. The highest BCUT2D eigenvalue weighted by Crippen LogP contribution is 2.47. The van der Waals surface area contributed by atoms with Gasteiger partial charge in [-0.05, 0) is 278 Å². The number of fused-ring (bicyclic) bond motifs is 4. The van der Waals surface area contributed by atoms with Crippen molar-refractivity contribution < 1.29 is 72.8 Å². The Kier molecular flexibility index (Phi) is 31.4. The lowest BCUT2D eigenvalue weighted by atomic mass is 9.86. The molecule has 0 radical (unpaired) electrons. The molecule has 0 bridgehead atoms. The van der Waals surface area contributed by atoms with Crippen molar-refractivity contribution in [1.29, 1.82) is 0 Å². The van der Waals surface area contributed by atoms with Gasteiger partial charge < -0.3 is 77.2 Å². The van der Waals surface area contributed by atoms with Gasteiger partial charge >= 0.3 is 23.9 Å². The Bertz CT molecular complexity index is 7440. The fourth-order valence-corrected chi connectivity index (χ4v) is 19.5. The Morgan fingerprint density at radius 2 is 0.619 bits per heavy atom. The molecule has 12 aromatic carbocycles. The summed E-state index contributed by atoms with van der Waals surface area (Å²) in [5.41, 5.74) is 23.5. The summed E-state index contributed by atoms with van der Waals surface area (Å²) in [5, 5.41) is 49.2. The molecule has 0 aliphatic heterocycles. The number of aromatic nitrogens is 4. The molecule has 20 rings (SSSR count). The zero-order chi connectivity index (χ0) is 104. The van der Waals surface area contributed by atoms with Crippen molar-refractivity contribution in [1.82, 2.24) is 23.6 Å². The van der Waals surface area contributed by atoms with E-state index in [4.69, 9.17) is 33.2 Å². The number of nitrogens with zero attached hydrogens (tertiary/aromatic N) is 4. The van der Waals surface area contributed by atoms with Gasteiger partial charge in [-0.3, -0.25) is 0 Å². The van der Waals surface area contributed by atoms with Crippen LogP contribution in [-0.2, 0) is 76.9 Å². The van der Waals surface area contributed by atoms with Gasteiger partial charge in [-0.1, -0.05) is 253 Å². The number of aromatic carboxylic acids is 4. The van der Waals surface area contributed by atoms with E-state index in [9.17, 15) is 39.6 Å². The van der Waals surface area contributed by atoms with E-state index >= 15 is 0 Å². The maximum absolute atomic E-state index is 12.8. The molecule has 4 aromatic heterocycles. The van der Waals surface area contributed by atoms with Crippen LogP contribution in [0.3, 0.4) is 0 Å². The molecule has 762 valence electrons. The first-order valence-corrected chi connectivity index (χ1v) is 51.5. The van der Waals surface area contributed by atoms with Gasteiger partial charge in [0.15, 0.2) is 0 Å². The van der Waals surface area contributed by atoms with Crippen LogP contribution in [0.1, 0.15) is 238 Å². The van der Waals surface area contributed by atoms with Crippen LogP contribution in [0.15, 0.2) is 267 Å². The minimum Gasteiger partial charge on any atom is -0.497 e.